The van der Waals surface area contributed by atoms with Crippen LogP contribution in [0.3, 0.4) is 0 Å². The first kappa shape index (κ1) is 25.5. The van der Waals surface area contributed by atoms with Gasteiger partial charge in [0.1, 0.15) is 6.61 Å². The minimum atomic E-state index is -0.145. The second-order valence-electron chi connectivity index (χ2n) is 6.92. The van der Waals surface area contributed by atoms with E-state index in [1.165, 1.54) is 6.21 Å². The quantitative estimate of drug-likeness (QED) is 0.301. The molecule has 0 aromatic heterocycles. The number of likely N-dealkylation sites (N-methyl/N-ethyl adjacent to an activating group) is 1. The van der Waals surface area contributed by atoms with Crippen molar-refractivity contribution in [1.82, 2.24) is 4.90 Å². The van der Waals surface area contributed by atoms with Crippen molar-refractivity contribution in [3.05, 3.63) is 42.0 Å². The van der Waals surface area contributed by atoms with Gasteiger partial charge in [0.25, 0.3) is 0 Å². The zero-order valence-corrected chi connectivity index (χ0v) is 19.6. The molecule has 0 aliphatic rings. The summed E-state index contributed by atoms with van der Waals surface area (Å²) in [6.45, 7) is 7.38. The van der Waals surface area contributed by atoms with Gasteiger partial charge < -0.3 is 41.3 Å². The Labute approximate surface area is 194 Å². The fourth-order valence-corrected chi connectivity index (χ4v) is 3.03. The average Bonchev–Trinajstić information content (AvgIpc) is 2.81. The van der Waals surface area contributed by atoms with E-state index in [2.05, 4.69) is 34.0 Å². The maximum absolute atomic E-state index is 7.32. The molecule has 2 rings (SSSR count). The number of ether oxygens (including phenoxy) is 3. The summed E-state index contributed by atoms with van der Waals surface area (Å²) in [5.74, 6) is 1.53. The maximum atomic E-state index is 7.32. The molecule has 2 aromatic carbocycles. The largest absolute Gasteiger partial charge is 0.493 e. The van der Waals surface area contributed by atoms with Crippen LogP contribution < -0.4 is 31.0 Å². The second kappa shape index (κ2) is 12.9. The number of hydrogen-bond donors (Lipinski definition) is 4. The van der Waals surface area contributed by atoms with E-state index >= 15 is 0 Å². The van der Waals surface area contributed by atoms with Crippen LogP contribution in [0.25, 0.3) is 0 Å². The highest BCUT2D eigenvalue weighted by Crippen LogP contribution is 2.40. The van der Waals surface area contributed by atoms with Crippen LogP contribution in [-0.4, -0.2) is 63.5 Å². The molecule has 0 aliphatic heterocycles. The molecule has 33 heavy (non-hydrogen) atoms. The van der Waals surface area contributed by atoms with E-state index in [1.807, 2.05) is 0 Å². The van der Waals surface area contributed by atoms with Gasteiger partial charge >= 0.3 is 0 Å². The minimum absolute atomic E-state index is 0.145. The van der Waals surface area contributed by atoms with E-state index < -0.39 is 0 Å². The molecule has 0 bridgehead atoms. The third kappa shape index (κ3) is 7.69. The number of methoxy groups -OCH3 is 2. The number of nitrogens with zero attached hydrogens (tertiary/aromatic N) is 3. The summed E-state index contributed by atoms with van der Waals surface area (Å²) in [6.07, 6.45) is 1.26. The number of anilines is 1. The Kier molecular flexibility index (Phi) is 9.97. The molecule has 0 saturated heterocycles. The first-order chi connectivity index (χ1) is 15.9. The van der Waals surface area contributed by atoms with Gasteiger partial charge in [-0.3, -0.25) is 0 Å². The highest BCUT2D eigenvalue weighted by atomic mass is 16.5. The van der Waals surface area contributed by atoms with Crippen molar-refractivity contribution in [2.24, 2.45) is 21.5 Å². The number of hydrogen-bond acceptors (Lipinski definition) is 6. The Bertz CT molecular complexity index is 967. The molecule has 6 N–H and O–H groups in total. The van der Waals surface area contributed by atoms with Gasteiger partial charge in [-0.15, -0.1) is 0 Å². The number of aliphatic imine (C=N–C) groups is 2. The number of rotatable bonds is 11. The summed E-state index contributed by atoms with van der Waals surface area (Å²) in [5.41, 5.74) is 13.2. The SMILES string of the molecule is CCN(CC)CCOc1cc(NC(N=C(N)N)=Nc2ccc(C=N)cc2)cc(OC)c1OC. The molecule has 10 heteroatoms. The molecule has 0 atom stereocenters. The first-order valence-electron chi connectivity index (χ1n) is 10.6. The molecule has 0 radical (unpaired) electrons. The van der Waals surface area contributed by atoms with E-state index in [1.54, 1.807) is 50.6 Å². The van der Waals surface area contributed by atoms with Gasteiger partial charge in [-0.2, -0.15) is 4.99 Å². The molecule has 0 saturated carbocycles. The van der Waals surface area contributed by atoms with E-state index in [9.17, 15) is 0 Å². The van der Waals surface area contributed by atoms with Crippen molar-refractivity contribution in [3.63, 3.8) is 0 Å². The zero-order valence-electron chi connectivity index (χ0n) is 19.6. The number of benzene rings is 2. The van der Waals surface area contributed by atoms with Gasteiger partial charge in [0.15, 0.2) is 17.5 Å². The van der Waals surface area contributed by atoms with Crippen molar-refractivity contribution in [3.8, 4) is 17.2 Å². The molecule has 0 spiro atoms. The Morgan fingerprint density at radius 1 is 1.06 bits per heavy atom. The van der Waals surface area contributed by atoms with Crippen LogP contribution in [0.4, 0.5) is 11.4 Å². The summed E-state index contributed by atoms with van der Waals surface area (Å²) >= 11 is 0. The van der Waals surface area contributed by atoms with E-state index in [0.29, 0.717) is 35.2 Å². The lowest BCUT2D eigenvalue weighted by atomic mass is 10.2. The Balaban J connectivity index is 2.35. The molecular weight excluding hydrogens is 422 g/mol. The Morgan fingerprint density at radius 2 is 1.73 bits per heavy atom. The molecule has 178 valence electrons. The normalized spacial score (nSPS) is 11.1. The molecule has 2 aromatic rings. The van der Waals surface area contributed by atoms with Crippen molar-refractivity contribution in [2.45, 2.75) is 13.8 Å². The van der Waals surface area contributed by atoms with Crippen LogP contribution in [0.2, 0.25) is 0 Å². The first-order valence-corrected chi connectivity index (χ1v) is 10.6. The van der Waals surface area contributed by atoms with Crippen LogP contribution in [0.5, 0.6) is 17.2 Å². The van der Waals surface area contributed by atoms with E-state index in [-0.39, 0.29) is 11.9 Å². The lowest BCUT2D eigenvalue weighted by Gasteiger charge is -2.20. The number of guanidine groups is 2. The molecular formula is C23H33N7O3. The zero-order chi connectivity index (χ0) is 24.2. The number of nitrogens with one attached hydrogen (secondary N) is 2. The molecule has 10 nitrogen and oxygen atoms in total. The Hall–Kier alpha value is -3.79. The van der Waals surface area contributed by atoms with Crippen LogP contribution in [-0.2, 0) is 0 Å². The molecule has 0 fully saturated rings. The standard InChI is InChI=1S/C23H33N7O3/c1-5-30(6-2)11-12-33-20-14-18(13-19(31-3)21(20)32-4)28-23(29-22(25)26)27-17-9-7-16(15-24)8-10-17/h7-10,13-15,24H,5-6,11-12H2,1-4H3,(H5,25,26,27,28,29). The van der Waals surface area contributed by atoms with Crippen LogP contribution >= 0.6 is 0 Å². The summed E-state index contributed by atoms with van der Waals surface area (Å²) in [4.78, 5) is 10.8. The van der Waals surface area contributed by atoms with E-state index in [0.717, 1.165) is 25.2 Å². The fourth-order valence-electron chi connectivity index (χ4n) is 3.03. The molecule has 0 aliphatic carbocycles. The monoisotopic (exact) mass is 455 g/mol. The van der Waals surface area contributed by atoms with Gasteiger partial charge in [-0.25, -0.2) is 4.99 Å². The van der Waals surface area contributed by atoms with Crippen LogP contribution in [0, 0.1) is 5.41 Å². The lowest BCUT2D eigenvalue weighted by molar-refractivity contribution is 0.215. The predicted octanol–water partition coefficient (Wildman–Crippen LogP) is 2.80. The predicted molar refractivity (Wildman–Crippen MR) is 134 cm³/mol. The van der Waals surface area contributed by atoms with Gasteiger partial charge in [0.05, 0.1) is 19.9 Å². The average molecular weight is 456 g/mol. The fraction of sp³-hybridized carbons (Fsp3) is 0.348. The van der Waals surface area contributed by atoms with Crippen molar-refractivity contribution in [1.29, 1.82) is 5.41 Å². The molecule has 0 unspecified atom stereocenters. The van der Waals surface area contributed by atoms with Crippen LogP contribution in [0.15, 0.2) is 46.4 Å². The lowest BCUT2D eigenvalue weighted by Crippen LogP contribution is -2.28. The van der Waals surface area contributed by atoms with Crippen molar-refractivity contribution < 1.29 is 14.2 Å². The number of nitrogens with two attached hydrogens (primary N) is 2. The Morgan fingerprint density at radius 3 is 2.27 bits per heavy atom. The molecule has 0 heterocycles. The van der Waals surface area contributed by atoms with E-state index in [4.69, 9.17) is 31.1 Å². The van der Waals surface area contributed by atoms with Gasteiger partial charge in [-0.1, -0.05) is 26.0 Å². The maximum Gasteiger partial charge on any atom is 0.230 e. The highest BCUT2D eigenvalue weighted by Gasteiger charge is 2.15. The summed E-state index contributed by atoms with van der Waals surface area (Å²) in [7, 11) is 3.11. The van der Waals surface area contributed by atoms with Gasteiger partial charge in [0, 0.05) is 30.6 Å². The molecule has 0 amide bonds. The third-order valence-corrected chi connectivity index (χ3v) is 4.79. The van der Waals surface area contributed by atoms with Crippen molar-refractivity contribution >= 4 is 29.5 Å². The van der Waals surface area contributed by atoms with Gasteiger partial charge in [0.2, 0.25) is 11.7 Å². The highest BCUT2D eigenvalue weighted by molar-refractivity contribution is 6.02. The topological polar surface area (TPSA) is 144 Å². The minimum Gasteiger partial charge on any atom is -0.493 e. The van der Waals surface area contributed by atoms with Crippen molar-refractivity contribution in [2.75, 3.05) is 45.8 Å². The summed E-state index contributed by atoms with van der Waals surface area (Å²) in [6, 6.07) is 10.6. The third-order valence-electron chi connectivity index (χ3n) is 4.79. The summed E-state index contributed by atoms with van der Waals surface area (Å²) < 4.78 is 17.0. The second-order valence-corrected chi connectivity index (χ2v) is 6.92. The smallest absolute Gasteiger partial charge is 0.230 e. The summed E-state index contributed by atoms with van der Waals surface area (Å²) in [5, 5.41) is 10.4. The van der Waals surface area contributed by atoms with Gasteiger partial charge in [-0.05, 0) is 30.8 Å². The van der Waals surface area contributed by atoms with Crippen LogP contribution in [0.1, 0.15) is 19.4 Å².